The first kappa shape index (κ1) is 8.72. The lowest BCUT2D eigenvalue weighted by molar-refractivity contribution is 0.439. The minimum absolute atomic E-state index is 0.253. The van der Waals surface area contributed by atoms with Crippen LogP contribution in [0, 0.1) is 5.41 Å². The van der Waals surface area contributed by atoms with Crippen LogP contribution in [0.25, 0.3) is 0 Å². The molecule has 1 nitrogen and oxygen atoms in total. The Morgan fingerprint density at radius 1 is 1.82 bits per heavy atom. The van der Waals surface area contributed by atoms with Gasteiger partial charge in [0.2, 0.25) is 0 Å². The molecule has 1 saturated heterocycles. The maximum absolute atomic E-state index is 5.22. The molecule has 0 aliphatic carbocycles. The van der Waals surface area contributed by atoms with Crippen LogP contribution in [-0.2, 0) is 0 Å². The van der Waals surface area contributed by atoms with Gasteiger partial charge in [0.25, 0.3) is 0 Å². The van der Waals surface area contributed by atoms with E-state index in [1.54, 1.807) is 0 Å². The molecule has 0 spiro atoms. The van der Waals surface area contributed by atoms with E-state index in [0.29, 0.717) is 0 Å². The van der Waals surface area contributed by atoms with Crippen molar-refractivity contribution in [3.05, 3.63) is 12.7 Å². The van der Waals surface area contributed by atoms with E-state index in [1.165, 1.54) is 6.42 Å². The molecule has 1 aliphatic rings. The van der Waals surface area contributed by atoms with Crippen LogP contribution in [0.3, 0.4) is 0 Å². The first-order valence-electron chi connectivity index (χ1n) is 4.08. The Bertz CT molecular complexity index is 176. The molecule has 0 saturated carbocycles. The molecular formula is C9H15NS. The van der Waals surface area contributed by atoms with E-state index in [2.05, 4.69) is 18.8 Å². The number of hydrogen-bond donors (Lipinski definition) is 1. The first-order valence-corrected chi connectivity index (χ1v) is 4.49. The van der Waals surface area contributed by atoms with Gasteiger partial charge in [-0.1, -0.05) is 25.2 Å². The Hall–Kier alpha value is -0.370. The van der Waals surface area contributed by atoms with E-state index in [1.807, 2.05) is 6.08 Å². The molecule has 62 valence electrons. The topological polar surface area (TPSA) is 12.0 Å². The Morgan fingerprint density at radius 2 is 2.55 bits per heavy atom. The normalized spacial score (nSPS) is 30.1. The lowest BCUT2D eigenvalue weighted by Crippen LogP contribution is -2.26. The van der Waals surface area contributed by atoms with Crippen molar-refractivity contribution in [2.75, 3.05) is 6.54 Å². The molecule has 1 atom stereocenters. The summed E-state index contributed by atoms with van der Waals surface area (Å²) < 4.78 is 0. The van der Waals surface area contributed by atoms with Crippen LogP contribution in [0.15, 0.2) is 12.7 Å². The Balaban J connectivity index is 2.50. The van der Waals surface area contributed by atoms with E-state index < -0.39 is 0 Å². The van der Waals surface area contributed by atoms with Gasteiger partial charge < -0.3 is 5.32 Å². The molecule has 1 fully saturated rings. The van der Waals surface area contributed by atoms with Crippen LogP contribution < -0.4 is 5.32 Å². The van der Waals surface area contributed by atoms with Crippen LogP contribution in [0.2, 0.25) is 0 Å². The summed E-state index contributed by atoms with van der Waals surface area (Å²) in [5.74, 6) is 0. The third-order valence-corrected chi connectivity index (χ3v) is 3.05. The van der Waals surface area contributed by atoms with Crippen LogP contribution in [0.5, 0.6) is 0 Å². The predicted octanol–water partition coefficient (Wildman–Crippen LogP) is 2.28. The van der Waals surface area contributed by atoms with Crippen LogP contribution >= 0.6 is 12.2 Å². The average molecular weight is 169 g/mol. The lowest BCUT2D eigenvalue weighted by atomic mass is 9.85. The number of hydrogen-bond acceptors (Lipinski definition) is 1. The standard InChI is InChI=1S/C9H15NS/c1-3-4-5-9(2)6-7-10-8(9)11/h3H,1,4-7H2,2H3,(H,10,11). The molecule has 0 radical (unpaired) electrons. The summed E-state index contributed by atoms with van der Waals surface area (Å²) in [6.07, 6.45) is 5.35. The van der Waals surface area contributed by atoms with E-state index in [9.17, 15) is 0 Å². The zero-order valence-electron chi connectivity index (χ0n) is 7.02. The fraction of sp³-hybridized carbons (Fsp3) is 0.667. The summed E-state index contributed by atoms with van der Waals surface area (Å²) >= 11 is 5.22. The Kier molecular flexibility index (Phi) is 2.66. The SMILES string of the molecule is C=CCCC1(C)CCNC1=S. The van der Waals surface area contributed by atoms with Crippen molar-refractivity contribution in [3.8, 4) is 0 Å². The van der Waals surface area contributed by atoms with Gasteiger partial charge in [-0.15, -0.1) is 6.58 Å². The van der Waals surface area contributed by atoms with E-state index in [-0.39, 0.29) is 5.41 Å². The summed E-state index contributed by atoms with van der Waals surface area (Å²) in [5, 5.41) is 3.22. The summed E-state index contributed by atoms with van der Waals surface area (Å²) in [5.41, 5.74) is 0.253. The fourth-order valence-corrected chi connectivity index (χ4v) is 1.74. The second kappa shape index (κ2) is 3.35. The zero-order chi connectivity index (χ0) is 8.32. The number of rotatable bonds is 3. The van der Waals surface area contributed by atoms with Gasteiger partial charge in [0.05, 0.1) is 4.99 Å². The number of allylic oxidation sites excluding steroid dienone is 1. The van der Waals surface area contributed by atoms with Crippen molar-refractivity contribution in [1.29, 1.82) is 0 Å². The molecule has 0 amide bonds. The molecule has 0 aromatic heterocycles. The fourth-order valence-electron chi connectivity index (χ4n) is 1.44. The summed E-state index contributed by atoms with van der Waals surface area (Å²) in [4.78, 5) is 1.04. The third-order valence-electron chi connectivity index (χ3n) is 2.41. The number of thiocarbonyl (C=S) groups is 1. The summed E-state index contributed by atoms with van der Waals surface area (Å²) in [6, 6.07) is 0. The van der Waals surface area contributed by atoms with Crippen LogP contribution in [-0.4, -0.2) is 11.5 Å². The summed E-state index contributed by atoms with van der Waals surface area (Å²) in [6.45, 7) is 7.00. The molecule has 11 heavy (non-hydrogen) atoms. The molecule has 0 bridgehead atoms. The highest BCUT2D eigenvalue weighted by molar-refractivity contribution is 7.80. The molecule has 1 N–H and O–H groups in total. The molecule has 1 heterocycles. The Labute approximate surface area is 73.9 Å². The highest BCUT2D eigenvalue weighted by Gasteiger charge is 2.32. The first-order chi connectivity index (χ1) is 5.19. The smallest absolute Gasteiger partial charge is 0.0814 e. The second-order valence-electron chi connectivity index (χ2n) is 3.39. The van der Waals surface area contributed by atoms with Gasteiger partial charge in [-0.25, -0.2) is 0 Å². The van der Waals surface area contributed by atoms with E-state index >= 15 is 0 Å². The minimum Gasteiger partial charge on any atom is -0.379 e. The predicted molar refractivity (Wildman–Crippen MR) is 52.8 cm³/mol. The van der Waals surface area contributed by atoms with Gasteiger partial charge in [0.1, 0.15) is 0 Å². The van der Waals surface area contributed by atoms with Crippen molar-refractivity contribution in [2.24, 2.45) is 5.41 Å². The highest BCUT2D eigenvalue weighted by atomic mass is 32.1. The Morgan fingerprint density at radius 3 is 3.00 bits per heavy atom. The van der Waals surface area contributed by atoms with Crippen molar-refractivity contribution >= 4 is 17.2 Å². The third kappa shape index (κ3) is 1.80. The zero-order valence-corrected chi connectivity index (χ0v) is 7.84. The summed E-state index contributed by atoms with van der Waals surface area (Å²) in [7, 11) is 0. The van der Waals surface area contributed by atoms with Gasteiger partial charge in [-0.3, -0.25) is 0 Å². The van der Waals surface area contributed by atoms with Crippen LogP contribution in [0.4, 0.5) is 0 Å². The number of nitrogens with one attached hydrogen (secondary N) is 1. The van der Waals surface area contributed by atoms with Crippen molar-refractivity contribution < 1.29 is 0 Å². The van der Waals surface area contributed by atoms with E-state index in [0.717, 1.165) is 24.4 Å². The minimum atomic E-state index is 0.253. The average Bonchev–Trinajstić information content (AvgIpc) is 2.30. The van der Waals surface area contributed by atoms with E-state index in [4.69, 9.17) is 12.2 Å². The van der Waals surface area contributed by atoms with Gasteiger partial charge in [-0.2, -0.15) is 0 Å². The van der Waals surface area contributed by atoms with Crippen molar-refractivity contribution in [2.45, 2.75) is 26.2 Å². The molecule has 1 aliphatic heterocycles. The quantitative estimate of drug-likeness (QED) is 0.514. The van der Waals surface area contributed by atoms with Gasteiger partial charge in [0.15, 0.2) is 0 Å². The molecular weight excluding hydrogens is 154 g/mol. The molecule has 1 rings (SSSR count). The van der Waals surface area contributed by atoms with Gasteiger partial charge >= 0.3 is 0 Å². The van der Waals surface area contributed by atoms with Gasteiger partial charge in [-0.05, 0) is 19.3 Å². The van der Waals surface area contributed by atoms with Crippen LogP contribution in [0.1, 0.15) is 26.2 Å². The highest BCUT2D eigenvalue weighted by Crippen LogP contribution is 2.32. The maximum atomic E-state index is 5.22. The second-order valence-corrected chi connectivity index (χ2v) is 3.80. The maximum Gasteiger partial charge on any atom is 0.0814 e. The van der Waals surface area contributed by atoms with Gasteiger partial charge in [0, 0.05) is 12.0 Å². The monoisotopic (exact) mass is 169 g/mol. The molecule has 0 aromatic rings. The van der Waals surface area contributed by atoms with Crippen molar-refractivity contribution in [1.82, 2.24) is 5.32 Å². The van der Waals surface area contributed by atoms with Crippen molar-refractivity contribution in [3.63, 3.8) is 0 Å². The molecule has 2 heteroatoms. The molecule has 1 unspecified atom stereocenters. The largest absolute Gasteiger partial charge is 0.379 e. The lowest BCUT2D eigenvalue weighted by Gasteiger charge is -2.21. The molecule has 0 aromatic carbocycles.